The molecule has 2 aliphatic rings. The van der Waals surface area contributed by atoms with Crippen molar-refractivity contribution < 1.29 is 14.4 Å². The van der Waals surface area contributed by atoms with Crippen molar-refractivity contribution >= 4 is 39.3 Å². The summed E-state index contributed by atoms with van der Waals surface area (Å²) in [4.78, 5) is 43.1. The quantitative estimate of drug-likeness (QED) is 0.441. The first-order valence-electron chi connectivity index (χ1n) is 11.0. The number of hydrogen-bond donors (Lipinski definition) is 0. The fourth-order valence-electron chi connectivity index (χ4n) is 4.74. The maximum atomic E-state index is 13.7. The third-order valence-corrected chi connectivity index (χ3v) is 6.90. The molecule has 3 amide bonds. The van der Waals surface area contributed by atoms with Crippen LogP contribution in [0.1, 0.15) is 60.9 Å². The van der Waals surface area contributed by atoms with Crippen LogP contribution in [0.5, 0.6) is 0 Å². The summed E-state index contributed by atoms with van der Waals surface area (Å²) >= 11 is 3.39. The molecule has 4 rings (SSSR count). The summed E-state index contributed by atoms with van der Waals surface area (Å²) in [5, 5.41) is 0. The molecule has 0 aromatic heterocycles. The van der Waals surface area contributed by atoms with Crippen LogP contribution in [-0.4, -0.2) is 34.7 Å². The fourth-order valence-corrected chi connectivity index (χ4v) is 5.01. The zero-order valence-corrected chi connectivity index (χ0v) is 19.3. The molecule has 1 saturated carbocycles. The van der Waals surface area contributed by atoms with Crippen LogP contribution in [0, 0.1) is 6.92 Å². The molecular weight excluding hydrogens is 456 g/mol. The Bertz CT molecular complexity index is 981. The molecular formula is C25H27BrN2O3. The Morgan fingerprint density at radius 2 is 1.61 bits per heavy atom. The van der Waals surface area contributed by atoms with Gasteiger partial charge in [0.05, 0.1) is 12.1 Å². The van der Waals surface area contributed by atoms with Gasteiger partial charge in [0.15, 0.2) is 0 Å². The number of carbonyl (C=O) groups excluding carboxylic acids is 3. The Kier molecular flexibility index (Phi) is 6.56. The molecule has 1 unspecified atom stereocenters. The van der Waals surface area contributed by atoms with Crippen molar-refractivity contribution in [2.75, 3.05) is 4.90 Å². The van der Waals surface area contributed by atoms with Crippen molar-refractivity contribution in [3.8, 4) is 0 Å². The van der Waals surface area contributed by atoms with E-state index in [0.717, 1.165) is 48.6 Å². The van der Waals surface area contributed by atoms with Gasteiger partial charge in [-0.3, -0.25) is 14.4 Å². The monoisotopic (exact) mass is 482 g/mol. The van der Waals surface area contributed by atoms with E-state index in [0.29, 0.717) is 11.3 Å². The van der Waals surface area contributed by atoms with Gasteiger partial charge in [-0.05, 0) is 55.7 Å². The number of aryl methyl sites for hydroxylation is 1. The first kappa shape index (κ1) is 21.8. The average Bonchev–Trinajstić information content (AvgIpc) is 2.92. The number of carbonyl (C=O) groups is 3. The van der Waals surface area contributed by atoms with Gasteiger partial charge in [-0.25, -0.2) is 4.90 Å². The second kappa shape index (κ2) is 9.35. The maximum Gasteiger partial charge on any atom is 0.257 e. The molecule has 2 aromatic rings. The van der Waals surface area contributed by atoms with Crippen LogP contribution in [0.2, 0.25) is 0 Å². The van der Waals surface area contributed by atoms with E-state index in [4.69, 9.17) is 0 Å². The highest BCUT2D eigenvalue weighted by molar-refractivity contribution is 9.10. The first-order valence-corrected chi connectivity index (χ1v) is 11.8. The first-order chi connectivity index (χ1) is 15.0. The van der Waals surface area contributed by atoms with Crippen LogP contribution >= 0.6 is 15.9 Å². The highest BCUT2D eigenvalue weighted by atomic mass is 79.9. The van der Waals surface area contributed by atoms with E-state index in [1.54, 1.807) is 17.0 Å². The van der Waals surface area contributed by atoms with Gasteiger partial charge in [0.1, 0.15) is 6.04 Å². The van der Waals surface area contributed by atoms with E-state index in [1.807, 2.05) is 43.3 Å². The topological polar surface area (TPSA) is 57.7 Å². The lowest BCUT2D eigenvalue weighted by molar-refractivity contribution is -0.123. The normalized spacial score (nSPS) is 20.1. The predicted octanol–water partition coefficient (Wildman–Crippen LogP) is 5.25. The number of halogens is 1. The van der Waals surface area contributed by atoms with Crippen molar-refractivity contribution in [1.82, 2.24) is 4.90 Å². The number of rotatable bonds is 4. The zero-order valence-electron chi connectivity index (χ0n) is 17.7. The molecule has 2 fully saturated rings. The van der Waals surface area contributed by atoms with Gasteiger partial charge >= 0.3 is 0 Å². The summed E-state index contributed by atoms with van der Waals surface area (Å²) in [6.45, 7) is 1.91. The molecule has 0 bridgehead atoms. The van der Waals surface area contributed by atoms with Gasteiger partial charge in [0.25, 0.3) is 11.8 Å². The van der Waals surface area contributed by atoms with Crippen molar-refractivity contribution in [1.29, 1.82) is 0 Å². The highest BCUT2D eigenvalue weighted by Gasteiger charge is 2.46. The van der Waals surface area contributed by atoms with Crippen LogP contribution in [0.15, 0.2) is 53.0 Å². The standard InChI is InChI=1S/C25H27BrN2O3/c1-17-8-6-7-11-21(17)24(30)27(19-9-4-2-3-5-10-19)22-16-23(29)28(25(22)31)20-14-12-18(26)13-15-20/h6-8,11-15,19,22H,2-5,9-10,16H2,1H3. The Morgan fingerprint density at radius 1 is 0.968 bits per heavy atom. The summed E-state index contributed by atoms with van der Waals surface area (Å²) in [6, 6.07) is 13.8. The fraction of sp³-hybridized carbons (Fsp3) is 0.400. The van der Waals surface area contributed by atoms with Crippen LogP contribution in [0.4, 0.5) is 5.69 Å². The predicted molar refractivity (Wildman–Crippen MR) is 124 cm³/mol. The highest BCUT2D eigenvalue weighted by Crippen LogP contribution is 2.32. The van der Waals surface area contributed by atoms with Gasteiger partial charge < -0.3 is 4.90 Å². The minimum absolute atomic E-state index is 0.0266. The third-order valence-electron chi connectivity index (χ3n) is 6.37. The molecule has 2 aromatic carbocycles. The van der Waals surface area contributed by atoms with E-state index in [9.17, 15) is 14.4 Å². The van der Waals surface area contributed by atoms with Gasteiger partial charge in [-0.2, -0.15) is 0 Å². The molecule has 5 nitrogen and oxygen atoms in total. The summed E-state index contributed by atoms with van der Waals surface area (Å²) in [7, 11) is 0. The molecule has 6 heteroatoms. The van der Waals surface area contributed by atoms with Gasteiger partial charge in [0, 0.05) is 16.1 Å². The lowest BCUT2D eigenvalue weighted by atomic mass is 10.00. The largest absolute Gasteiger partial charge is 0.323 e. The molecule has 1 atom stereocenters. The number of anilines is 1. The Balaban J connectivity index is 1.70. The number of nitrogens with zero attached hydrogens (tertiary/aromatic N) is 2. The zero-order chi connectivity index (χ0) is 22.0. The van der Waals surface area contributed by atoms with E-state index in [2.05, 4.69) is 15.9 Å². The minimum Gasteiger partial charge on any atom is -0.323 e. The Labute approximate surface area is 191 Å². The minimum atomic E-state index is -0.758. The van der Waals surface area contributed by atoms with E-state index >= 15 is 0 Å². The molecule has 162 valence electrons. The van der Waals surface area contributed by atoms with Crippen LogP contribution < -0.4 is 4.90 Å². The van der Waals surface area contributed by atoms with Gasteiger partial charge in [-0.1, -0.05) is 59.8 Å². The number of imide groups is 1. The van der Waals surface area contributed by atoms with Crippen molar-refractivity contribution in [3.05, 3.63) is 64.1 Å². The van der Waals surface area contributed by atoms with Gasteiger partial charge in [-0.15, -0.1) is 0 Å². The average molecular weight is 483 g/mol. The number of amides is 3. The second-order valence-corrected chi connectivity index (χ2v) is 9.35. The Hall–Kier alpha value is -2.47. The second-order valence-electron chi connectivity index (χ2n) is 8.44. The molecule has 0 spiro atoms. The molecule has 0 radical (unpaired) electrons. The van der Waals surface area contributed by atoms with E-state index < -0.39 is 6.04 Å². The molecule has 31 heavy (non-hydrogen) atoms. The molecule has 1 heterocycles. The van der Waals surface area contributed by atoms with Crippen molar-refractivity contribution in [3.63, 3.8) is 0 Å². The van der Waals surface area contributed by atoms with E-state index in [1.165, 1.54) is 4.90 Å². The summed E-state index contributed by atoms with van der Waals surface area (Å²) in [5.74, 6) is -0.708. The molecule has 1 aliphatic carbocycles. The van der Waals surface area contributed by atoms with Crippen molar-refractivity contribution in [2.45, 2.75) is 64.0 Å². The third kappa shape index (κ3) is 4.45. The number of benzene rings is 2. The van der Waals surface area contributed by atoms with Gasteiger partial charge in [0.2, 0.25) is 5.91 Å². The Morgan fingerprint density at radius 3 is 2.26 bits per heavy atom. The number of hydrogen-bond acceptors (Lipinski definition) is 3. The summed E-state index contributed by atoms with van der Waals surface area (Å²) in [6.07, 6.45) is 6.13. The lowest BCUT2D eigenvalue weighted by Gasteiger charge is -2.35. The molecule has 0 N–H and O–H groups in total. The summed E-state index contributed by atoms with van der Waals surface area (Å²) < 4.78 is 0.877. The van der Waals surface area contributed by atoms with E-state index in [-0.39, 0.29) is 30.2 Å². The summed E-state index contributed by atoms with van der Waals surface area (Å²) in [5.41, 5.74) is 2.03. The SMILES string of the molecule is Cc1ccccc1C(=O)N(C1CCCCCC1)C1CC(=O)N(c2ccc(Br)cc2)C1=O. The lowest BCUT2D eigenvalue weighted by Crippen LogP contribution is -2.51. The molecule has 1 aliphatic heterocycles. The van der Waals surface area contributed by atoms with Crippen LogP contribution in [-0.2, 0) is 9.59 Å². The smallest absolute Gasteiger partial charge is 0.257 e. The van der Waals surface area contributed by atoms with Crippen LogP contribution in [0.3, 0.4) is 0 Å². The molecule has 1 saturated heterocycles. The maximum absolute atomic E-state index is 13.7. The van der Waals surface area contributed by atoms with Crippen LogP contribution in [0.25, 0.3) is 0 Å². The van der Waals surface area contributed by atoms with Crippen molar-refractivity contribution in [2.24, 2.45) is 0 Å².